The van der Waals surface area contributed by atoms with Crippen LogP contribution < -0.4 is 20.1 Å². The lowest BCUT2D eigenvalue weighted by Gasteiger charge is -2.27. The molecule has 1 unspecified atom stereocenters. The molecule has 3 amide bonds. The molecule has 0 aromatic heterocycles. The van der Waals surface area contributed by atoms with Crippen molar-refractivity contribution in [3.05, 3.63) is 53.6 Å². The van der Waals surface area contributed by atoms with Crippen LogP contribution in [0.1, 0.15) is 49.0 Å². The van der Waals surface area contributed by atoms with Gasteiger partial charge in [-0.1, -0.05) is 26.0 Å². The number of hydrogen-bond donors (Lipinski definition) is 2. The van der Waals surface area contributed by atoms with Gasteiger partial charge in [-0.25, -0.2) is 0 Å². The van der Waals surface area contributed by atoms with Gasteiger partial charge in [-0.2, -0.15) is 0 Å². The van der Waals surface area contributed by atoms with Crippen molar-refractivity contribution < 1.29 is 23.9 Å². The molecule has 0 radical (unpaired) electrons. The van der Waals surface area contributed by atoms with Crippen LogP contribution in [0.15, 0.2) is 42.5 Å². The van der Waals surface area contributed by atoms with Crippen molar-refractivity contribution in [2.75, 3.05) is 26.1 Å². The topological polar surface area (TPSA) is 97.0 Å². The summed E-state index contributed by atoms with van der Waals surface area (Å²) in [5.74, 6) is 0.272. The second-order valence-electron chi connectivity index (χ2n) is 8.76. The minimum absolute atomic E-state index is 0.148. The average molecular weight is 468 g/mol. The molecule has 3 rings (SSSR count). The first-order chi connectivity index (χ1) is 16.3. The Kier molecular flexibility index (Phi) is 8.51. The SMILES string of the molecule is COc1cc(OC)cc(C(=O)NC(C(=O)Nc2cccc(CN3CCCCC3=O)c2)C(C)C)c1. The van der Waals surface area contributed by atoms with E-state index in [1.807, 2.05) is 36.9 Å². The lowest BCUT2D eigenvalue weighted by molar-refractivity contribution is -0.133. The van der Waals surface area contributed by atoms with Crippen LogP contribution in [-0.4, -0.2) is 49.4 Å². The molecular weight excluding hydrogens is 434 g/mol. The van der Waals surface area contributed by atoms with Gasteiger partial charge in [0.1, 0.15) is 17.5 Å². The van der Waals surface area contributed by atoms with Crippen molar-refractivity contribution in [1.82, 2.24) is 10.2 Å². The van der Waals surface area contributed by atoms with E-state index in [4.69, 9.17) is 9.47 Å². The molecule has 1 saturated heterocycles. The largest absolute Gasteiger partial charge is 0.497 e. The first kappa shape index (κ1) is 25.1. The molecule has 1 fully saturated rings. The van der Waals surface area contributed by atoms with E-state index in [2.05, 4.69) is 10.6 Å². The summed E-state index contributed by atoms with van der Waals surface area (Å²) in [5, 5.41) is 5.73. The van der Waals surface area contributed by atoms with Crippen molar-refractivity contribution in [3.63, 3.8) is 0 Å². The summed E-state index contributed by atoms with van der Waals surface area (Å²) in [4.78, 5) is 40.0. The molecule has 182 valence electrons. The summed E-state index contributed by atoms with van der Waals surface area (Å²) in [5.41, 5.74) is 1.90. The zero-order chi connectivity index (χ0) is 24.7. The molecule has 2 N–H and O–H groups in total. The van der Waals surface area contributed by atoms with E-state index in [-0.39, 0.29) is 17.7 Å². The number of carbonyl (C=O) groups is 3. The summed E-state index contributed by atoms with van der Waals surface area (Å²) in [6.07, 6.45) is 2.54. The van der Waals surface area contributed by atoms with Crippen LogP contribution in [0, 0.1) is 5.92 Å². The second kappa shape index (κ2) is 11.5. The maximum Gasteiger partial charge on any atom is 0.252 e. The molecule has 2 aromatic rings. The molecule has 0 saturated carbocycles. The zero-order valence-corrected chi connectivity index (χ0v) is 20.2. The van der Waals surface area contributed by atoms with Crippen LogP contribution in [0.5, 0.6) is 11.5 Å². The molecule has 2 aromatic carbocycles. The molecule has 1 heterocycles. The van der Waals surface area contributed by atoms with Gasteiger partial charge in [0.25, 0.3) is 5.91 Å². The molecule has 1 atom stereocenters. The van der Waals surface area contributed by atoms with E-state index in [9.17, 15) is 14.4 Å². The Morgan fingerprint density at radius 2 is 1.74 bits per heavy atom. The Morgan fingerprint density at radius 1 is 1.03 bits per heavy atom. The van der Waals surface area contributed by atoms with Gasteiger partial charge in [0.2, 0.25) is 11.8 Å². The van der Waals surface area contributed by atoms with Crippen LogP contribution in [0.2, 0.25) is 0 Å². The fraction of sp³-hybridized carbons (Fsp3) is 0.423. The van der Waals surface area contributed by atoms with Gasteiger partial charge in [-0.05, 0) is 48.6 Å². The summed E-state index contributed by atoms with van der Waals surface area (Å²) < 4.78 is 10.5. The first-order valence-electron chi connectivity index (χ1n) is 11.5. The predicted octanol–water partition coefficient (Wildman–Crippen LogP) is 3.61. The number of piperidine rings is 1. The van der Waals surface area contributed by atoms with E-state index < -0.39 is 11.9 Å². The molecule has 0 spiro atoms. The highest BCUT2D eigenvalue weighted by atomic mass is 16.5. The third kappa shape index (κ3) is 6.50. The molecular formula is C26H33N3O5. The number of nitrogens with zero attached hydrogens (tertiary/aromatic N) is 1. The Labute approximate surface area is 200 Å². The normalized spacial score (nSPS) is 14.5. The van der Waals surface area contributed by atoms with E-state index in [0.29, 0.717) is 35.7 Å². The first-order valence-corrected chi connectivity index (χ1v) is 11.5. The molecule has 1 aliphatic heterocycles. The number of benzene rings is 2. The Bertz CT molecular complexity index is 1010. The summed E-state index contributed by atoms with van der Waals surface area (Å²) >= 11 is 0. The summed E-state index contributed by atoms with van der Waals surface area (Å²) in [7, 11) is 3.02. The second-order valence-corrected chi connectivity index (χ2v) is 8.76. The van der Waals surface area contributed by atoms with Crippen LogP contribution in [-0.2, 0) is 16.1 Å². The standard InChI is InChI=1S/C26H33N3O5/c1-17(2)24(28-25(31)19-13-21(33-3)15-22(14-19)34-4)26(32)27-20-9-7-8-18(12-20)16-29-11-6-5-10-23(29)30/h7-9,12-15,17,24H,5-6,10-11,16H2,1-4H3,(H,27,32)(H,28,31). The van der Waals surface area contributed by atoms with Crippen molar-refractivity contribution >= 4 is 23.4 Å². The van der Waals surface area contributed by atoms with Gasteiger partial charge in [-0.15, -0.1) is 0 Å². The monoisotopic (exact) mass is 467 g/mol. The van der Waals surface area contributed by atoms with Gasteiger partial charge < -0.3 is 25.0 Å². The number of nitrogens with one attached hydrogen (secondary N) is 2. The number of ether oxygens (including phenoxy) is 2. The van der Waals surface area contributed by atoms with E-state index >= 15 is 0 Å². The molecule has 0 bridgehead atoms. The minimum atomic E-state index is -0.753. The van der Waals surface area contributed by atoms with Gasteiger partial charge in [0.05, 0.1) is 14.2 Å². The number of rotatable bonds is 9. The molecule has 0 aliphatic carbocycles. The third-order valence-electron chi connectivity index (χ3n) is 5.84. The summed E-state index contributed by atoms with van der Waals surface area (Å²) in [6.45, 7) is 5.01. The quantitative estimate of drug-likeness (QED) is 0.587. The Balaban J connectivity index is 1.69. The van der Waals surface area contributed by atoms with E-state index in [1.54, 1.807) is 24.3 Å². The Hall–Kier alpha value is -3.55. The smallest absolute Gasteiger partial charge is 0.252 e. The van der Waals surface area contributed by atoms with Crippen LogP contribution >= 0.6 is 0 Å². The highest BCUT2D eigenvalue weighted by molar-refractivity contribution is 6.01. The number of hydrogen-bond acceptors (Lipinski definition) is 5. The van der Waals surface area contributed by atoms with E-state index in [0.717, 1.165) is 24.9 Å². The highest BCUT2D eigenvalue weighted by Gasteiger charge is 2.25. The number of amides is 3. The number of anilines is 1. The summed E-state index contributed by atoms with van der Waals surface area (Å²) in [6, 6.07) is 11.6. The third-order valence-corrected chi connectivity index (χ3v) is 5.84. The number of carbonyl (C=O) groups excluding carboxylic acids is 3. The maximum atomic E-state index is 13.1. The molecule has 34 heavy (non-hydrogen) atoms. The van der Waals surface area contributed by atoms with Gasteiger partial charge in [0.15, 0.2) is 0 Å². The predicted molar refractivity (Wildman–Crippen MR) is 130 cm³/mol. The van der Waals surface area contributed by atoms with Crippen molar-refractivity contribution in [2.24, 2.45) is 5.92 Å². The lowest BCUT2D eigenvalue weighted by Crippen LogP contribution is -2.47. The minimum Gasteiger partial charge on any atom is -0.497 e. The van der Waals surface area contributed by atoms with Crippen LogP contribution in [0.3, 0.4) is 0 Å². The fourth-order valence-corrected chi connectivity index (χ4v) is 3.91. The molecule has 1 aliphatic rings. The highest BCUT2D eigenvalue weighted by Crippen LogP contribution is 2.23. The molecule has 8 nitrogen and oxygen atoms in total. The fourth-order valence-electron chi connectivity index (χ4n) is 3.91. The lowest BCUT2D eigenvalue weighted by atomic mass is 10.0. The molecule has 8 heteroatoms. The van der Waals surface area contributed by atoms with Gasteiger partial charge >= 0.3 is 0 Å². The average Bonchev–Trinajstić information content (AvgIpc) is 2.83. The van der Waals surface area contributed by atoms with Crippen LogP contribution in [0.25, 0.3) is 0 Å². The van der Waals surface area contributed by atoms with Crippen molar-refractivity contribution in [3.8, 4) is 11.5 Å². The van der Waals surface area contributed by atoms with Gasteiger partial charge in [-0.3, -0.25) is 14.4 Å². The number of likely N-dealkylation sites (tertiary alicyclic amines) is 1. The maximum absolute atomic E-state index is 13.1. The van der Waals surface area contributed by atoms with Crippen molar-refractivity contribution in [1.29, 1.82) is 0 Å². The van der Waals surface area contributed by atoms with E-state index in [1.165, 1.54) is 14.2 Å². The van der Waals surface area contributed by atoms with Gasteiger partial charge in [0, 0.05) is 36.8 Å². The number of methoxy groups -OCH3 is 2. The van der Waals surface area contributed by atoms with Crippen LogP contribution in [0.4, 0.5) is 5.69 Å². The Morgan fingerprint density at radius 3 is 2.35 bits per heavy atom. The van der Waals surface area contributed by atoms with Crippen molar-refractivity contribution in [2.45, 2.75) is 45.7 Å². The zero-order valence-electron chi connectivity index (χ0n) is 20.2.